The number of rotatable bonds is 7. The third-order valence-electron chi connectivity index (χ3n) is 4.77. The van der Waals surface area contributed by atoms with E-state index in [1.165, 1.54) is 47.6 Å². The van der Waals surface area contributed by atoms with Gasteiger partial charge < -0.3 is 10.6 Å². The first-order valence-corrected chi connectivity index (χ1v) is 9.28. The number of fused-ring (bicyclic) bond motifs is 1. The first kappa shape index (κ1) is 20.5. The molecule has 2 aromatic rings. The van der Waals surface area contributed by atoms with E-state index in [9.17, 15) is 9.59 Å². The Morgan fingerprint density at radius 2 is 1.92 bits per heavy atom. The number of halogens is 1. The predicted octanol–water partition coefficient (Wildman–Crippen LogP) is 1.74. The minimum Gasteiger partial charge on any atom is -0.355 e. The molecule has 0 radical (unpaired) electrons. The van der Waals surface area contributed by atoms with Crippen LogP contribution in [0.1, 0.15) is 44.9 Å². The Kier molecular flexibility index (Phi) is 8.12. The first-order valence-electron chi connectivity index (χ1n) is 9.28. The van der Waals surface area contributed by atoms with Gasteiger partial charge in [0.1, 0.15) is 0 Å². The zero-order valence-electron chi connectivity index (χ0n) is 15.0. The van der Waals surface area contributed by atoms with Gasteiger partial charge in [0.2, 0.25) is 5.91 Å². The van der Waals surface area contributed by atoms with Gasteiger partial charge in [-0.15, -0.1) is 17.5 Å². The molecule has 1 aliphatic carbocycles. The fourth-order valence-electron chi connectivity index (χ4n) is 3.37. The van der Waals surface area contributed by atoms with Crippen molar-refractivity contribution in [1.82, 2.24) is 24.8 Å². The Labute approximate surface area is 159 Å². The van der Waals surface area contributed by atoms with E-state index < -0.39 is 0 Å². The minimum atomic E-state index is -0.210. The smallest absolute Gasteiger partial charge is 0.350 e. The number of nitrogens with zero attached hydrogens (tertiary/aromatic N) is 3. The maximum Gasteiger partial charge on any atom is 0.350 e. The molecule has 26 heavy (non-hydrogen) atoms. The molecule has 1 aliphatic rings. The molecule has 0 saturated heterocycles. The highest BCUT2D eigenvalue weighted by molar-refractivity contribution is 5.85. The lowest BCUT2D eigenvalue weighted by Crippen LogP contribution is -2.37. The minimum absolute atomic E-state index is 0. The van der Waals surface area contributed by atoms with Crippen LogP contribution in [0.4, 0.5) is 0 Å². The van der Waals surface area contributed by atoms with Crippen molar-refractivity contribution in [3.8, 4) is 0 Å². The number of pyridine rings is 1. The highest BCUT2D eigenvalue weighted by Crippen LogP contribution is 2.16. The van der Waals surface area contributed by atoms with Crippen LogP contribution in [0.2, 0.25) is 0 Å². The monoisotopic (exact) mass is 381 g/mol. The normalized spacial score (nSPS) is 15.4. The third-order valence-corrected chi connectivity index (χ3v) is 4.77. The van der Waals surface area contributed by atoms with Crippen molar-refractivity contribution >= 4 is 24.0 Å². The largest absolute Gasteiger partial charge is 0.355 e. The molecule has 1 saturated carbocycles. The van der Waals surface area contributed by atoms with E-state index >= 15 is 0 Å². The number of aryl methyl sites for hydroxylation is 1. The highest BCUT2D eigenvalue weighted by Gasteiger charge is 2.11. The summed E-state index contributed by atoms with van der Waals surface area (Å²) in [5, 5.41) is 10.7. The summed E-state index contributed by atoms with van der Waals surface area (Å²) in [6.45, 7) is 1.71. The Balaban J connectivity index is 0.00000243. The number of amides is 1. The van der Waals surface area contributed by atoms with Crippen molar-refractivity contribution in [2.45, 2.75) is 57.5 Å². The van der Waals surface area contributed by atoms with Crippen molar-refractivity contribution < 1.29 is 4.79 Å². The molecule has 1 fully saturated rings. The molecule has 0 unspecified atom stereocenters. The second kappa shape index (κ2) is 10.3. The Morgan fingerprint density at radius 1 is 1.15 bits per heavy atom. The van der Waals surface area contributed by atoms with Crippen molar-refractivity contribution in [2.75, 3.05) is 13.1 Å². The summed E-state index contributed by atoms with van der Waals surface area (Å²) in [7, 11) is 0. The van der Waals surface area contributed by atoms with E-state index in [4.69, 9.17) is 0 Å². The van der Waals surface area contributed by atoms with E-state index in [2.05, 4.69) is 15.7 Å². The van der Waals surface area contributed by atoms with Gasteiger partial charge in [0.25, 0.3) is 0 Å². The van der Waals surface area contributed by atoms with Crippen molar-refractivity contribution in [1.29, 1.82) is 0 Å². The van der Waals surface area contributed by atoms with Crippen LogP contribution in [0.15, 0.2) is 29.2 Å². The van der Waals surface area contributed by atoms with Gasteiger partial charge in [-0.25, -0.2) is 9.48 Å². The zero-order valence-corrected chi connectivity index (χ0v) is 15.8. The summed E-state index contributed by atoms with van der Waals surface area (Å²) in [5.41, 5.74) is 0.388. The van der Waals surface area contributed by atoms with E-state index in [0.717, 1.165) is 6.54 Å². The Bertz CT molecular complexity index is 749. The van der Waals surface area contributed by atoms with Gasteiger partial charge in [-0.2, -0.15) is 0 Å². The third kappa shape index (κ3) is 5.57. The first-order chi connectivity index (χ1) is 12.2. The van der Waals surface area contributed by atoms with Gasteiger partial charge in [0.05, 0.1) is 6.54 Å². The summed E-state index contributed by atoms with van der Waals surface area (Å²) in [4.78, 5) is 24.1. The molecule has 7 nitrogen and oxygen atoms in total. The van der Waals surface area contributed by atoms with E-state index in [-0.39, 0.29) is 30.4 Å². The van der Waals surface area contributed by atoms with Crippen LogP contribution < -0.4 is 16.3 Å². The number of hydrogen-bond donors (Lipinski definition) is 2. The molecule has 0 aliphatic heterocycles. The van der Waals surface area contributed by atoms with Gasteiger partial charge in [0, 0.05) is 31.7 Å². The summed E-state index contributed by atoms with van der Waals surface area (Å²) >= 11 is 0. The fourth-order valence-corrected chi connectivity index (χ4v) is 3.37. The number of carbonyl (C=O) groups excluding carboxylic acids is 1. The number of nitrogens with one attached hydrogen (secondary N) is 2. The van der Waals surface area contributed by atoms with Crippen molar-refractivity contribution in [3.63, 3.8) is 0 Å². The highest BCUT2D eigenvalue weighted by atomic mass is 35.5. The molecular formula is C18H28ClN5O2. The SMILES string of the molecule is Cl.O=C(CCn1nc2ccccn2c1=O)NCCNC1CCCCCC1. The summed E-state index contributed by atoms with van der Waals surface area (Å²) in [6.07, 6.45) is 9.72. The summed E-state index contributed by atoms with van der Waals surface area (Å²) in [5.74, 6) is -0.0494. The standard InChI is InChI=1S/C18H27N5O2.ClH/c24-17(20-12-11-19-15-7-3-1-2-4-8-15)10-14-23-18(25)22-13-6-5-9-16(22)21-23;/h5-6,9,13,15,19H,1-4,7-8,10-12,14H2,(H,20,24);1H. The second-order valence-electron chi connectivity index (χ2n) is 6.68. The van der Waals surface area contributed by atoms with Crippen LogP contribution in [0.3, 0.4) is 0 Å². The molecule has 0 bridgehead atoms. The molecule has 8 heteroatoms. The van der Waals surface area contributed by atoms with E-state index in [1.54, 1.807) is 18.3 Å². The van der Waals surface area contributed by atoms with Crippen LogP contribution in [0.25, 0.3) is 5.65 Å². The molecule has 0 atom stereocenters. The Hall–Kier alpha value is -1.86. The molecule has 3 rings (SSSR count). The van der Waals surface area contributed by atoms with Crippen LogP contribution in [0.5, 0.6) is 0 Å². The van der Waals surface area contributed by atoms with E-state index in [0.29, 0.717) is 24.8 Å². The van der Waals surface area contributed by atoms with Gasteiger partial charge in [-0.1, -0.05) is 31.7 Å². The van der Waals surface area contributed by atoms with Crippen LogP contribution in [0, 0.1) is 0 Å². The van der Waals surface area contributed by atoms with Gasteiger partial charge in [-0.05, 0) is 25.0 Å². The topological polar surface area (TPSA) is 80.4 Å². The molecule has 2 aromatic heterocycles. The molecule has 2 heterocycles. The fraction of sp³-hybridized carbons (Fsp3) is 0.611. The number of carbonyl (C=O) groups is 1. The average Bonchev–Trinajstić information content (AvgIpc) is 2.79. The lowest BCUT2D eigenvalue weighted by molar-refractivity contribution is -0.121. The average molecular weight is 382 g/mol. The molecule has 1 amide bonds. The zero-order chi connectivity index (χ0) is 17.5. The predicted molar refractivity (Wildman–Crippen MR) is 104 cm³/mol. The molecule has 0 aromatic carbocycles. The van der Waals surface area contributed by atoms with E-state index in [1.807, 2.05) is 6.07 Å². The Morgan fingerprint density at radius 3 is 2.65 bits per heavy atom. The van der Waals surface area contributed by atoms with Crippen LogP contribution in [-0.4, -0.2) is 39.2 Å². The maximum atomic E-state index is 12.1. The lowest BCUT2D eigenvalue weighted by atomic mass is 10.1. The van der Waals surface area contributed by atoms with Crippen LogP contribution in [-0.2, 0) is 11.3 Å². The second-order valence-corrected chi connectivity index (χ2v) is 6.68. The lowest BCUT2D eigenvalue weighted by Gasteiger charge is -2.16. The van der Waals surface area contributed by atoms with Gasteiger partial charge >= 0.3 is 5.69 Å². The van der Waals surface area contributed by atoms with Crippen molar-refractivity contribution in [3.05, 3.63) is 34.9 Å². The summed E-state index contributed by atoms with van der Waals surface area (Å²) in [6, 6.07) is 5.99. The van der Waals surface area contributed by atoms with Crippen molar-refractivity contribution in [2.24, 2.45) is 0 Å². The molecule has 0 spiro atoms. The summed E-state index contributed by atoms with van der Waals surface area (Å²) < 4.78 is 2.83. The molecular weight excluding hydrogens is 354 g/mol. The molecule has 2 N–H and O–H groups in total. The molecule has 144 valence electrons. The van der Waals surface area contributed by atoms with Crippen LogP contribution >= 0.6 is 12.4 Å². The number of aromatic nitrogens is 3. The number of hydrogen-bond acceptors (Lipinski definition) is 4. The van der Waals surface area contributed by atoms with Gasteiger partial charge in [0.15, 0.2) is 5.65 Å². The maximum absolute atomic E-state index is 12.1. The quantitative estimate of drug-likeness (QED) is 0.565. The van der Waals surface area contributed by atoms with Gasteiger partial charge in [-0.3, -0.25) is 9.20 Å².